The van der Waals surface area contributed by atoms with Crippen molar-refractivity contribution in [3.05, 3.63) is 81.0 Å². The van der Waals surface area contributed by atoms with Gasteiger partial charge in [0.15, 0.2) is 0 Å². The highest BCUT2D eigenvalue weighted by atomic mass is 19.1. The van der Waals surface area contributed by atoms with E-state index in [2.05, 4.69) is 31.2 Å². The number of nitrogens with zero attached hydrogens (tertiary/aromatic N) is 6. The molecule has 3 aliphatic carbocycles. The minimum Gasteiger partial charge on any atom is -0.351 e. The second-order valence-electron chi connectivity index (χ2n) is 11.4. The maximum Gasteiger partial charge on any atom is 0.252 e. The molecule has 1 N–H and O–H groups in total. The lowest BCUT2D eigenvalue weighted by molar-refractivity contribution is 0.0951. The van der Waals surface area contributed by atoms with Gasteiger partial charge in [-0.1, -0.05) is 22.8 Å². The first-order chi connectivity index (χ1) is 19.3. The normalized spacial score (nSPS) is 22.7. The number of alkyl halides is 1. The van der Waals surface area contributed by atoms with E-state index in [4.69, 9.17) is 9.97 Å². The fraction of sp³-hybridized carbons (Fsp3) is 0.355. The first-order valence-electron chi connectivity index (χ1n) is 13.8. The molecular weight excluding hydrogens is 505 g/mol. The molecule has 0 spiro atoms. The molecular formula is C31H30FN7O. The van der Waals surface area contributed by atoms with Crippen molar-refractivity contribution in [2.24, 2.45) is 5.92 Å². The zero-order valence-corrected chi connectivity index (χ0v) is 22.6. The van der Waals surface area contributed by atoms with Crippen LogP contribution in [-0.4, -0.2) is 50.5 Å². The number of aromatic nitrogens is 5. The molecule has 3 aromatic rings. The number of anilines is 1. The summed E-state index contributed by atoms with van der Waals surface area (Å²) in [6, 6.07) is 3.52. The Morgan fingerprint density at radius 1 is 1.07 bits per heavy atom. The summed E-state index contributed by atoms with van der Waals surface area (Å²) >= 11 is 0. The molecule has 1 unspecified atom stereocenters. The van der Waals surface area contributed by atoms with Gasteiger partial charge in [-0.15, -0.1) is 0 Å². The molecule has 4 aliphatic rings. The zero-order chi connectivity index (χ0) is 27.4. The quantitative estimate of drug-likeness (QED) is 0.502. The Morgan fingerprint density at radius 3 is 2.77 bits per heavy atom. The third kappa shape index (κ3) is 4.69. The monoisotopic (exact) mass is 535 g/mol. The molecule has 1 fully saturated rings. The van der Waals surface area contributed by atoms with E-state index in [0.29, 0.717) is 42.2 Å². The Hall–Kier alpha value is -4.27. The topological polar surface area (TPSA) is 96.8 Å². The van der Waals surface area contributed by atoms with Crippen LogP contribution in [-0.2, 0) is 12.1 Å². The van der Waals surface area contributed by atoms with E-state index < -0.39 is 5.67 Å². The molecule has 1 amide bonds. The molecule has 2 atom stereocenters. The van der Waals surface area contributed by atoms with Gasteiger partial charge in [0.05, 0.1) is 33.8 Å². The average molecular weight is 536 g/mol. The van der Waals surface area contributed by atoms with E-state index in [1.165, 1.54) is 11.1 Å². The molecule has 7 rings (SSSR count). The molecule has 202 valence electrons. The Bertz CT molecular complexity index is 1740. The van der Waals surface area contributed by atoms with Gasteiger partial charge < -0.3 is 10.2 Å². The van der Waals surface area contributed by atoms with Gasteiger partial charge >= 0.3 is 0 Å². The maximum absolute atomic E-state index is 15.5. The van der Waals surface area contributed by atoms with Crippen molar-refractivity contribution in [2.75, 3.05) is 24.5 Å². The zero-order valence-electron chi connectivity index (χ0n) is 22.6. The van der Waals surface area contributed by atoms with Gasteiger partial charge in [-0.25, -0.2) is 19.3 Å². The van der Waals surface area contributed by atoms with E-state index in [9.17, 15) is 4.79 Å². The Morgan fingerprint density at radius 2 is 1.95 bits per heavy atom. The summed E-state index contributed by atoms with van der Waals surface area (Å²) in [6.45, 7) is 5.90. The number of fused-ring (bicyclic) bond motifs is 2. The van der Waals surface area contributed by atoms with E-state index in [0.717, 1.165) is 53.6 Å². The van der Waals surface area contributed by atoms with Crippen molar-refractivity contribution in [1.29, 1.82) is 0 Å². The lowest BCUT2D eigenvalue weighted by Gasteiger charge is -2.30. The molecule has 1 aliphatic heterocycles. The summed E-state index contributed by atoms with van der Waals surface area (Å²) in [5, 5.41) is 4.53. The molecule has 0 bridgehead atoms. The van der Waals surface area contributed by atoms with Crippen molar-refractivity contribution >= 4 is 24.0 Å². The number of allylic oxidation sites excluding steroid dienone is 3. The van der Waals surface area contributed by atoms with Crippen molar-refractivity contribution in [2.45, 2.75) is 45.2 Å². The van der Waals surface area contributed by atoms with E-state index in [1.54, 1.807) is 31.6 Å². The number of pyridine rings is 1. The Labute approximate surface area is 231 Å². The first-order valence-corrected chi connectivity index (χ1v) is 13.8. The summed E-state index contributed by atoms with van der Waals surface area (Å²) in [5.74, 6) is 0.338. The van der Waals surface area contributed by atoms with Crippen LogP contribution in [0.2, 0.25) is 0 Å². The Balaban J connectivity index is 1.11. The number of amides is 1. The SMILES string of the molecule is CC1=CC(CNC(=O)c2cnc3c(c2)[C@](C)(F)CC2=C(C2)C3)C=c2nc(-c3ccnc(N4CCC4)n3)cnc2=C1. The number of rotatable bonds is 5. The van der Waals surface area contributed by atoms with Crippen LogP contribution in [0.5, 0.6) is 0 Å². The third-order valence-electron chi connectivity index (χ3n) is 8.11. The number of hydrogen-bond donors (Lipinski definition) is 1. The number of carbonyl (C=O) groups excluding carboxylic acids is 1. The minimum absolute atomic E-state index is 0.104. The van der Waals surface area contributed by atoms with Crippen LogP contribution in [0.15, 0.2) is 53.5 Å². The number of hydrogen-bond acceptors (Lipinski definition) is 7. The third-order valence-corrected chi connectivity index (χ3v) is 8.11. The Kier molecular flexibility index (Phi) is 5.83. The van der Waals surface area contributed by atoms with Crippen LogP contribution in [0.3, 0.4) is 0 Å². The number of halogens is 1. The van der Waals surface area contributed by atoms with Crippen LogP contribution in [0, 0.1) is 5.92 Å². The van der Waals surface area contributed by atoms with Crippen molar-refractivity contribution < 1.29 is 9.18 Å². The predicted octanol–water partition coefficient (Wildman–Crippen LogP) is 2.94. The largest absolute Gasteiger partial charge is 0.351 e. The molecule has 1 saturated heterocycles. The van der Waals surface area contributed by atoms with Crippen LogP contribution in [0.4, 0.5) is 10.3 Å². The van der Waals surface area contributed by atoms with Gasteiger partial charge in [-0.3, -0.25) is 14.8 Å². The lowest BCUT2D eigenvalue weighted by atomic mass is 9.90. The second kappa shape index (κ2) is 9.43. The van der Waals surface area contributed by atoms with Gasteiger partial charge in [0.1, 0.15) is 11.4 Å². The summed E-state index contributed by atoms with van der Waals surface area (Å²) in [7, 11) is 0. The van der Waals surface area contributed by atoms with Crippen LogP contribution >= 0.6 is 0 Å². The fourth-order valence-electron chi connectivity index (χ4n) is 5.71. The molecule has 4 heterocycles. The van der Waals surface area contributed by atoms with Gasteiger partial charge in [0.25, 0.3) is 5.91 Å². The van der Waals surface area contributed by atoms with Crippen molar-refractivity contribution in [3.8, 4) is 11.4 Å². The molecule has 0 aromatic carbocycles. The highest BCUT2D eigenvalue weighted by molar-refractivity contribution is 5.94. The van der Waals surface area contributed by atoms with Gasteiger partial charge in [-0.2, -0.15) is 0 Å². The summed E-state index contributed by atoms with van der Waals surface area (Å²) in [6.07, 6.45) is 14.3. The molecule has 8 nitrogen and oxygen atoms in total. The number of nitrogens with one attached hydrogen (secondary N) is 1. The minimum atomic E-state index is -1.52. The average Bonchev–Trinajstić information content (AvgIpc) is 3.66. The maximum atomic E-state index is 15.5. The summed E-state index contributed by atoms with van der Waals surface area (Å²) in [5.41, 5.74) is 5.04. The summed E-state index contributed by atoms with van der Waals surface area (Å²) in [4.78, 5) is 38.4. The molecule has 40 heavy (non-hydrogen) atoms. The van der Waals surface area contributed by atoms with Crippen LogP contribution in [0.1, 0.15) is 54.7 Å². The summed E-state index contributed by atoms with van der Waals surface area (Å²) < 4.78 is 15.5. The fourth-order valence-corrected chi connectivity index (χ4v) is 5.71. The number of carbonyl (C=O) groups is 1. The lowest BCUT2D eigenvalue weighted by Crippen LogP contribution is -2.38. The second-order valence-corrected chi connectivity index (χ2v) is 11.4. The van der Waals surface area contributed by atoms with E-state index >= 15 is 4.39 Å². The van der Waals surface area contributed by atoms with Crippen LogP contribution < -0.4 is 20.9 Å². The molecule has 0 radical (unpaired) electrons. The van der Waals surface area contributed by atoms with Gasteiger partial charge in [0, 0.05) is 56.4 Å². The first kappa shape index (κ1) is 24.7. The predicted molar refractivity (Wildman–Crippen MR) is 150 cm³/mol. The van der Waals surface area contributed by atoms with E-state index in [-0.39, 0.29) is 11.8 Å². The smallest absolute Gasteiger partial charge is 0.252 e. The van der Waals surface area contributed by atoms with Crippen LogP contribution in [0.25, 0.3) is 23.5 Å². The van der Waals surface area contributed by atoms with Crippen molar-refractivity contribution in [1.82, 2.24) is 30.2 Å². The highest BCUT2D eigenvalue weighted by Crippen LogP contribution is 2.48. The standard InChI is InChI=1S/C31H30FN7O/c1-18-8-19(15-36-29(40)22-12-23-25(34-16-22)13-20-11-21(20)14-31(23,2)32)10-27-26(9-18)35-17-28(37-27)24-4-5-33-30(38-24)39-6-3-7-39/h4-5,8-10,12,16-17,19H,3,6-7,11,13-15H2,1-2H3,(H,36,40)/t19?,31-/m1/s1. The molecule has 9 heteroatoms. The van der Waals surface area contributed by atoms with E-state index in [1.807, 2.05) is 25.1 Å². The molecule has 0 saturated carbocycles. The van der Waals surface area contributed by atoms with Gasteiger partial charge in [-0.05, 0) is 51.0 Å². The van der Waals surface area contributed by atoms with Crippen molar-refractivity contribution in [3.63, 3.8) is 0 Å². The molecule has 3 aromatic heterocycles. The van der Waals surface area contributed by atoms with Gasteiger partial charge in [0.2, 0.25) is 5.95 Å². The highest BCUT2D eigenvalue weighted by Gasteiger charge is 2.39.